The second-order valence-corrected chi connectivity index (χ2v) is 6.29. The molecule has 0 bridgehead atoms. The zero-order valence-electron chi connectivity index (χ0n) is 11.8. The van der Waals surface area contributed by atoms with E-state index in [1.54, 1.807) is 28.4 Å². The van der Waals surface area contributed by atoms with E-state index in [0.29, 0.717) is 10.7 Å². The first-order valence-corrected chi connectivity index (χ1v) is 7.67. The zero-order chi connectivity index (χ0) is 14.7. The number of likely N-dealkylation sites (N-methyl/N-ethyl adjacent to an activating group) is 1. The van der Waals surface area contributed by atoms with E-state index in [-0.39, 0.29) is 11.9 Å². The van der Waals surface area contributed by atoms with Crippen LogP contribution in [0.15, 0.2) is 29.6 Å². The number of hydrogen-bond acceptors (Lipinski definition) is 3. The van der Waals surface area contributed by atoms with E-state index in [9.17, 15) is 4.79 Å². The maximum atomic E-state index is 12.5. The molecule has 0 aromatic carbocycles. The van der Waals surface area contributed by atoms with Crippen LogP contribution in [0.1, 0.15) is 27.9 Å². The van der Waals surface area contributed by atoms with Crippen molar-refractivity contribution in [3.8, 4) is 0 Å². The molecule has 0 aliphatic carbocycles. The number of thiophene rings is 1. The number of halogens is 1. The molecule has 20 heavy (non-hydrogen) atoms. The summed E-state index contributed by atoms with van der Waals surface area (Å²) >= 11 is 7.63. The molecule has 1 unspecified atom stereocenters. The van der Waals surface area contributed by atoms with Crippen LogP contribution >= 0.6 is 22.9 Å². The lowest BCUT2D eigenvalue weighted by atomic mass is 10.1. The van der Waals surface area contributed by atoms with Crippen molar-refractivity contribution >= 4 is 28.8 Å². The average Bonchev–Trinajstić information content (AvgIpc) is 2.88. The molecule has 0 fully saturated rings. The van der Waals surface area contributed by atoms with Gasteiger partial charge in [0.2, 0.25) is 0 Å². The fraction of sp³-hybridized carbons (Fsp3) is 0.333. The Kier molecular flexibility index (Phi) is 4.78. The fourth-order valence-corrected chi connectivity index (χ4v) is 3.09. The lowest BCUT2D eigenvalue weighted by Crippen LogP contribution is -2.36. The third kappa shape index (κ3) is 3.58. The standard InChI is InChI=1S/C15H17ClN2OS/c1-10-7-12(9-14(16)17-10)15(19)18(3)11(2)8-13-5-4-6-20-13/h4-7,9,11H,8H2,1-3H3. The molecule has 2 aromatic heterocycles. The van der Waals surface area contributed by atoms with Crippen molar-refractivity contribution in [3.05, 3.63) is 50.9 Å². The third-order valence-electron chi connectivity index (χ3n) is 3.23. The van der Waals surface area contributed by atoms with E-state index in [1.165, 1.54) is 4.88 Å². The first-order chi connectivity index (χ1) is 9.47. The van der Waals surface area contributed by atoms with Crippen LogP contribution in [0.3, 0.4) is 0 Å². The highest BCUT2D eigenvalue weighted by atomic mass is 35.5. The summed E-state index contributed by atoms with van der Waals surface area (Å²) in [6, 6.07) is 7.63. The molecule has 3 nitrogen and oxygen atoms in total. The van der Waals surface area contributed by atoms with Gasteiger partial charge >= 0.3 is 0 Å². The highest BCUT2D eigenvalue weighted by Gasteiger charge is 2.19. The monoisotopic (exact) mass is 308 g/mol. The molecular formula is C15H17ClN2OS. The van der Waals surface area contributed by atoms with Crippen LogP contribution in [-0.4, -0.2) is 28.9 Å². The van der Waals surface area contributed by atoms with Gasteiger partial charge in [-0.3, -0.25) is 4.79 Å². The Hall–Kier alpha value is -1.39. The summed E-state index contributed by atoms with van der Waals surface area (Å²) in [5.74, 6) is -0.0264. The van der Waals surface area contributed by atoms with Gasteiger partial charge in [-0.2, -0.15) is 0 Å². The Morgan fingerprint density at radius 1 is 1.50 bits per heavy atom. The number of nitrogens with zero attached hydrogens (tertiary/aromatic N) is 2. The fourth-order valence-electron chi connectivity index (χ4n) is 2.01. The molecule has 0 aliphatic heterocycles. The number of rotatable bonds is 4. The Morgan fingerprint density at radius 2 is 2.25 bits per heavy atom. The predicted octanol–water partition coefficient (Wildman–Crippen LogP) is 3.81. The van der Waals surface area contributed by atoms with Crippen molar-refractivity contribution in [2.24, 2.45) is 0 Å². The van der Waals surface area contributed by atoms with Gasteiger partial charge in [0.15, 0.2) is 0 Å². The summed E-state index contributed by atoms with van der Waals surface area (Å²) in [6.45, 7) is 3.88. The molecule has 2 aromatic rings. The van der Waals surface area contributed by atoms with E-state index >= 15 is 0 Å². The molecular weight excluding hydrogens is 292 g/mol. The molecule has 0 spiro atoms. The van der Waals surface area contributed by atoms with Crippen molar-refractivity contribution in [1.82, 2.24) is 9.88 Å². The molecule has 2 heterocycles. The molecule has 1 amide bonds. The maximum Gasteiger partial charge on any atom is 0.254 e. The predicted molar refractivity (Wildman–Crippen MR) is 83.6 cm³/mol. The zero-order valence-corrected chi connectivity index (χ0v) is 13.3. The van der Waals surface area contributed by atoms with E-state index in [1.807, 2.05) is 27.0 Å². The molecule has 0 saturated carbocycles. The Labute approximate surface area is 128 Å². The van der Waals surface area contributed by atoms with Crippen LogP contribution in [0, 0.1) is 6.92 Å². The summed E-state index contributed by atoms with van der Waals surface area (Å²) in [7, 11) is 1.82. The van der Waals surface area contributed by atoms with Crippen molar-refractivity contribution in [2.75, 3.05) is 7.05 Å². The van der Waals surface area contributed by atoms with Crippen LogP contribution in [0.25, 0.3) is 0 Å². The third-order valence-corrected chi connectivity index (χ3v) is 4.32. The minimum Gasteiger partial charge on any atom is -0.339 e. The molecule has 0 radical (unpaired) electrons. The van der Waals surface area contributed by atoms with Gasteiger partial charge < -0.3 is 4.90 Å². The van der Waals surface area contributed by atoms with Crippen LogP contribution in [0.5, 0.6) is 0 Å². The van der Waals surface area contributed by atoms with E-state index in [4.69, 9.17) is 11.6 Å². The quantitative estimate of drug-likeness (QED) is 0.805. The molecule has 106 valence electrons. The number of aryl methyl sites for hydroxylation is 1. The SMILES string of the molecule is Cc1cc(C(=O)N(C)C(C)Cc2cccs2)cc(Cl)n1. The van der Waals surface area contributed by atoms with Gasteiger partial charge in [0.25, 0.3) is 5.91 Å². The lowest BCUT2D eigenvalue weighted by Gasteiger charge is -2.25. The van der Waals surface area contributed by atoms with Crippen molar-refractivity contribution < 1.29 is 4.79 Å². The first kappa shape index (κ1) is 15.0. The molecule has 2 rings (SSSR count). The normalized spacial score (nSPS) is 12.2. The van der Waals surface area contributed by atoms with E-state index < -0.39 is 0 Å². The Morgan fingerprint density at radius 3 is 2.85 bits per heavy atom. The lowest BCUT2D eigenvalue weighted by molar-refractivity contribution is 0.0743. The summed E-state index contributed by atoms with van der Waals surface area (Å²) < 4.78 is 0. The summed E-state index contributed by atoms with van der Waals surface area (Å²) in [5, 5.41) is 2.41. The number of aromatic nitrogens is 1. The molecule has 0 aliphatic rings. The van der Waals surface area contributed by atoms with E-state index in [0.717, 1.165) is 12.1 Å². The van der Waals surface area contributed by atoms with Gasteiger partial charge in [0.1, 0.15) is 5.15 Å². The van der Waals surface area contributed by atoms with E-state index in [2.05, 4.69) is 16.4 Å². The molecule has 5 heteroatoms. The smallest absolute Gasteiger partial charge is 0.254 e. The van der Waals surface area contributed by atoms with Gasteiger partial charge in [-0.05, 0) is 37.4 Å². The van der Waals surface area contributed by atoms with Crippen LogP contribution in [-0.2, 0) is 6.42 Å². The first-order valence-electron chi connectivity index (χ1n) is 6.41. The maximum absolute atomic E-state index is 12.5. The van der Waals surface area contributed by atoms with Crippen LogP contribution in [0.2, 0.25) is 5.15 Å². The minimum absolute atomic E-state index is 0.0264. The van der Waals surface area contributed by atoms with Crippen molar-refractivity contribution in [3.63, 3.8) is 0 Å². The van der Waals surface area contributed by atoms with Crippen LogP contribution in [0.4, 0.5) is 0 Å². The molecule has 0 saturated heterocycles. The van der Waals surface area contributed by atoms with Gasteiger partial charge in [-0.15, -0.1) is 11.3 Å². The second-order valence-electron chi connectivity index (χ2n) is 4.87. The van der Waals surface area contributed by atoms with Crippen molar-refractivity contribution in [2.45, 2.75) is 26.3 Å². The second kappa shape index (κ2) is 6.37. The number of amides is 1. The molecule has 0 N–H and O–H groups in total. The van der Waals surface area contributed by atoms with Gasteiger partial charge in [-0.25, -0.2) is 4.98 Å². The van der Waals surface area contributed by atoms with Gasteiger partial charge in [0.05, 0.1) is 0 Å². The number of carbonyl (C=O) groups is 1. The topological polar surface area (TPSA) is 33.2 Å². The number of carbonyl (C=O) groups excluding carboxylic acids is 1. The Bertz CT molecular complexity index is 578. The van der Waals surface area contributed by atoms with Gasteiger partial charge in [-0.1, -0.05) is 17.7 Å². The number of hydrogen-bond donors (Lipinski definition) is 0. The average molecular weight is 309 g/mol. The largest absolute Gasteiger partial charge is 0.339 e. The van der Waals surface area contributed by atoms with Crippen molar-refractivity contribution in [1.29, 1.82) is 0 Å². The summed E-state index contributed by atoms with van der Waals surface area (Å²) in [6.07, 6.45) is 0.859. The molecule has 1 atom stereocenters. The van der Waals surface area contributed by atoms with Crippen LogP contribution < -0.4 is 0 Å². The highest BCUT2D eigenvalue weighted by Crippen LogP contribution is 2.17. The summed E-state index contributed by atoms with van der Waals surface area (Å²) in [4.78, 5) is 19.6. The van der Waals surface area contributed by atoms with Gasteiger partial charge in [0, 0.05) is 35.6 Å². The minimum atomic E-state index is -0.0264. The summed E-state index contributed by atoms with van der Waals surface area (Å²) in [5.41, 5.74) is 1.34. The highest BCUT2D eigenvalue weighted by molar-refractivity contribution is 7.09. The number of pyridine rings is 1. The Balaban J connectivity index is 2.11.